The van der Waals surface area contributed by atoms with Crippen molar-refractivity contribution in [1.82, 2.24) is 4.90 Å². The van der Waals surface area contributed by atoms with Crippen LogP contribution in [-0.2, 0) is 19.0 Å². The molecule has 1 aromatic rings. The Hall–Kier alpha value is -2.68. The highest BCUT2D eigenvalue weighted by Crippen LogP contribution is 2.35. The highest BCUT2D eigenvalue weighted by molar-refractivity contribution is 5.76. The van der Waals surface area contributed by atoms with E-state index in [0.717, 1.165) is 6.42 Å². The lowest BCUT2D eigenvalue weighted by Gasteiger charge is -2.27. The van der Waals surface area contributed by atoms with Gasteiger partial charge in [-0.15, -0.1) is 0 Å². The van der Waals surface area contributed by atoms with Crippen LogP contribution in [0.3, 0.4) is 0 Å². The van der Waals surface area contributed by atoms with E-state index in [2.05, 4.69) is 13.8 Å². The molecule has 9 heteroatoms. The number of hydrogen-bond donors (Lipinski definition) is 0. The predicted molar refractivity (Wildman–Crippen MR) is 140 cm³/mol. The highest BCUT2D eigenvalue weighted by atomic mass is 16.6. The minimum absolute atomic E-state index is 0.123. The van der Waals surface area contributed by atoms with E-state index in [0.29, 0.717) is 43.4 Å². The Balaban J connectivity index is 2.18. The smallest absolute Gasteiger partial charge is 0.410 e. The maximum absolute atomic E-state index is 12.8. The topological polar surface area (TPSA) is 92.8 Å². The number of carbonyl (C=O) groups is 2. The van der Waals surface area contributed by atoms with E-state index in [4.69, 9.17) is 28.4 Å². The van der Waals surface area contributed by atoms with Crippen molar-refractivity contribution >= 4 is 12.1 Å². The van der Waals surface area contributed by atoms with Gasteiger partial charge >= 0.3 is 12.1 Å². The van der Waals surface area contributed by atoms with E-state index < -0.39 is 17.6 Å². The highest BCUT2D eigenvalue weighted by Gasteiger charge is 2.43. The number of nitrogens with zero attached hydrogens (tertiary/aromatic N) is 1. The molecule has 3 atom stereocenters. The Morgan fingerprint density at radius 2 is 1.81 bits per heavy atom. The van der Waals surface area contributed by atoms with Gasteiger partial charge in [0.25, 0.3) is 0 Å². The molecule has 0 saturated carbocycles. The van der Waals surface area contributed by atoms with Crippen LogP contribution in [0.2, 0.25) is 0 Å². The molecule has 1 aromatic carbocycles. The fraction of sp³-hybridized carbons (Fsp3) is 0.714. The molecule has 0 N–H and O–H groups in total. The summed E-state index contributed by atoms with van der Waals surface area (Å²) in [4.78, 5) is 27.2. The minimum Gasteiger partial charge on any atom is -0.493 e. The van der Waals surface area contributed by atoms with Crippen LogP contribution in [0.5, 0.6) is 17.2 Å². The summed E-state index contributed by atoms with van der Waals surface area (Å²) in [6.07, 6.45) is 0.716. The van der Waals surface area contributed by atoms with Crippen molar-refractivity contribution in [2.24, 2.45) is 17.8 Å². The number of rotatable bonds is 13. The first-order valence-corrected chi connectivity index (χ1v) is 13.1. The van der Waals surface area contributed by atoms with Crippen molar-refractivity contribution in [2.75, 3.05) is 47.1 Å². The largest absolute Gasteiger partial charge is 0.493 e. The molecule has 1 amide bonds. The zero-order valence-corrected chi connectivity index (χ0v) is 23.7. The van der Waals surface area contributed by atoms with Crippen LogP contribution in [0, 0.1) is 17.8 Å². The summed E-state index contributed by atoms with van der Waals surface area (Å²) in [6, 6.07) is 5.49. The predicted octanol–water partition coefficient (Wildman–Crippen LogP) is 4.95. The summed E-state index contributed by atoms with van der Waals surface area (Å²) >= 11 is 0. The zero-order valence-electron chi connectivity index (χ0n) is 23.7. The molecule has 1 heterocycles. The van der Waals surface area contributed by atoms with Gasteiger partial charge in [0, 0.05) is 39.3 Å². The molecular formula is C28H45NO8. The molecule has 0 bridgehead atoms. The summed E-state index contributed by atoms with van der Waals surface area (Å²) < 4.78 is 33.7. The van der Waals surface area contributed by atoms with Crippen molar-refractivity contribution in [2.45, 2.75) is 66.1 Å². The van der Waals surface area contributed by atoms with E-state index in [1.54, 1.807) is 26.0 Å². The van der Waals surface area contributed by atoms with Crippen LogP contribution in [0.4, 0.5) is 4.79 Å². The number of hydrogen-bond acceptors (Lipinski definition) is 8. The third-order valence-electron chi connectivity index (χ3n) is 6.13. The number of esters is 1. The molecule has 0 aliphatic carbocycles. The maximum atomic E-state index is 12.8. The van der Waals surface area contributed by atoms with Crippen LogP contribution >= 0.6 is 0 Å². The lowest BCUT2D eigenvalue weighted by Crippen LogP contribution is -2.36. The normalized spacial score (nSPS) is 18.5. The lowest BCUT2D eigenvalue weighted by atomic mass is 9.87. The van der Waals surface area contributed by atoms with Crippen LogP contribution in [0.15, 0.2) is 18.2 Å². The van der Waals surface area contributed by atoms with Crippen molar-refractivity contribution in [3.05, 3.63) is 18.2 Å². The molecule has 0 spiro atoms. The maximum Gasteiger partial charge on any atom is 0.410 e. The number of methoxy groups -OCH3 is 2. The summed E-state index contributed by atoms with van der Waals surface area (Å²) in [6.45, 7) is 13.5. The van der Waals surface area contributed by atoms with Gasteiger partial charge in [0.2, 0.25) is 0 Å². The van der Waals surface area contributed by atoms with Crippen molar-refractivity contribution < 1.29 is 38.0 Å². The third kappa shape index (κ3) is 9.61. The average Bonchev–Trinajstić information content (AvgIpc) is 3.25. The second-order valence-corrected chi connectivity index (χ2v) is 10.6. The summed E-state index contributed by atoms with van der Waals surface area (Å²) in [5.74, 6) is 1.17. The second kappa shape index (κ2) is 14.3. The number of amides is 1. The molecule has 1 fully saturated rings. The average molecular weight is 524 g/mol. The Bertz CT molecular complexity index is 866. The van der Waals surface area contributed by atoms with Gasteiger partial charge in [0.1, 0.15) is 17.5 Å². The fourth-order valence-corrected chi connectivity index (χ4v) is 4.26. The first-order valence-electron chi connectivity index (χ1n) is 13.1. The van der Waals surface area contributed by atoms with Crippen LogP contribution in [-0.4, -0.2) is 75.8 Å². The number of likely N-dealkylation sites (tertiary alicyclic amines) is 1. The second-order valence-electron chi connectivity index (χ2n) is 10.6. The van der Waals surface area contributed by atoms with E-state index >= 15 is 0 Å². The molecule has 0 unspecified atom stereocenters. The monoisotopic (exact) mass is 523 g/mol. The van der Waals surface area contributed by atoms with Gasteiger partial charge < -0.3 is 33.3 Å². The van der Waals surface area contributed by atoms with E-state index in [-0.39, 0.29) is 37.1 Å². The zero-order chi connectivity index (χ0) is 27.6. The Labute approximate surface area is 221 Å². The molecule has 9 nitrogen and oxygen atoms in total. The van der Waals surface area contributed by atoms with Crippen LogP contribution in [0.25, 0.3) is 0 Å². The molecule has 0 radical (unpaired) electrons. The van der Waals surface area contributed by atoms with E-state index in [9.17, 15) is 9.59 Å². The number of carbonyl (C=O) groups excluding carboxylic acids is 2. The van der Waals surface area contributed by atoms with E-state index in [1.165, 1.54) is 0 Å². The Kier molecular flexibility index (Phi) is 11.8. The molecule has 2 rings (SSSR count). The van der Waals surface area contributed by atoms with Gasteiger partial charge in [-0.2, -0.15) is 0 Å². The molecule has 1 aliphatic rings. The van der Waals surface area contributed by atoms with Gasteiger partial charge in [-0.1, -0.05) is 13.8 Å². The summed E-state index contributed by atoms with van der Waals surface area (Å²) in [5, 5.41) is 0. The van der Waals surface area contributed by atoms with Gasteiger partial charge in [0.15, 0.2) is 11.5 Å². The summed E-state index contributed by atoms with van der Waals surface area (Å²) in [5.41, 5.74) is -0.615. The first kappa shape index (κ1) is 30.5. The Morgan fingerprint density at radius 1 is 1.08 bits per heavy atom. The number of benzene rings is 1. The molecule has 1 saturated heterocycles. The third-order valence-corrected chi connectivity index (χ3v) is 6.13. The SMILES string of the molecule is CCOC(=O)[C@@H]1CN(C(=O)OC(C)(C)C)C[C@H]1C[C@H](Oc1ccc(OC)c(OCCCOC)c1)C(C)C. The van der Waals surface area contributed by atoms with Gasteiger partial charge in [-0.05, 0) is 58.1 Å². The fourth-order valence-electron chi connectivity index (χ4n) is 4.26. The Morgan fingerprint density at radius 3 is 2.41 bits per heavy atom. The van der Waals surface area contributed by atoms with Gasteiger partial charge in [-0.3, -0.25) is 4.79 Å². The molecule has 1 aliphatic heterocycles. The quantitative estimate of drug-likeness (QED) is 0.265. The van der Waals surface area contributed by atoms with Gasteiger partial charge in [-0.25, -0.2) is 4.79 Å². The van der Waals surface area contributed by atoms with Crippen LogP contribution in [0.1, 0.15) is 54.4 Å². The first-order chi connectivity index (χ1) is 17.5. The lowest BCUT2D eigenvalue weighted by molar-refractivity contribution is -0.149. The van der Waals surface area contributed by atoms with Crippen molar-refractivity contribution in [3.63, 3.8) is 0 Å². The molecular weight excluding hydrogens is 478 g/mol. The van der Waals surface area contributed by atoms with E-state index in [1.807, 2.05) is 39.0 Å². The van der Waals surface area contributed by atoms with Crippen molar-refractivity contribution in [1.29, 1.82) is 0 Å². The molecule has 0 aromatic heterocycles. The standard InChI is InChI=1S/C28H45NO8/c1-9-34-26(30)22-18-29(27(31)37-28(4,5)6)17-20(22)15-24(19(2)3)36-21-11-12-23(33-8)25(16-21)35-14-10-13-32-7/h11-12,16,19-20,22,24H,9-10,13-15,17-18H2,1-8H3/t20-,22-,24+/m1/s1. The van der Waals surface area contributed by atoms with Crippen molar-refractivity contribution in [3.8, 4) is 17.2 Å². The molecule has 37 heavy (non-hydrogen) atoms. The van der Waals surface area contributed by atoms with Crippen LogP contribution < -0.4 is 14.2 Å². The van der Waals surface area contributed by atoms with Gasteiger partial charge in [0.05, 0.1) is 26.2 Å². The molecule has 210 valence electrons. The minimum atomic E-state index is -0.615. The number of ether oxygens (including phenoxy) is 6. The summed E-state index contributed by atoms with van der Waals surface area (Å²) in [7, 11) is 3.26.